The van der Waals surface area contributed by atoms with Crippen molar-refractivity contribution in [2.45, 2.75) is 32.9 Å². The summed E-state index contributed by atoms with van der Waals surface area (Å²) in [5.74, 6) is 0. The molecule has 2 aromatic heterocycles. The van der Waals surface area contributed by atoms with Crippen molar-refractivity contribution in [3.8, 4) is 17.2 Å². The Hall–Kier alpha value is -3.33. The van der Waals surface area contributed by atoms with Crippen LogP contribution < -0.4 is 5.32 Å². The molecule has 0 spiro atoms. The molecule has 0 aliphatic rings. The smallest absolute Gasteiger partial charge is 0.407 e. The number of nitriles is 1. The van der Waals surface area contributed by atoms with E-state index >= 15 is 0 Å². The zero-order valence-electron chi connectivity index (χ0n) is 15.0. The zero-order chi connectivity index (χ0) is 18.7. The topological polar surface area (TPSA) is 90.8 Å². The molecule has 0 fully saturated rings. The van der Waals surface area contributed by atoms with Gasteiger partial charge in [-0.15, -0.1) is 0 Å². The molecule has 0 aliphatic heterocycles. The van der Waals surface area contributed by atoms with E-state index in [1.54, 1.807) is 12.4 Å². The molecule has 2 heterocycles. The van der Waals surface area contributed by atoms with Crippen LogP contribution in [0.1, 0.15) is 31.9 Å². The van der Waals surface area contributed by atoms with Gasteiger partial charge in [0.15, 0.2) is 0 Å². The highest BCUT2D eigenvalue weighted by Gasteiger charge is 2.15. The Morgan fingerprint density at radius 1 is 1.27 bits per heavy atom. The van der Waals surface area contributed by atoms with Gasteiger partial charge in [-0.2, -0.15) is 5.26 Å². The van der Waals surface area contributed by atoms with E-state index in [0.29, 0.717) is 17.8 Å². The number of hydrogen-bond acceptors (Lipinski definition) is 4. The summed E-state index contributed by atoms with van der Waals surface area (Å²) in [7, 11) is 0. The van der Waals surface area contributed by atoms with E-state index in [4.69, 9.17) is 10.00 Å². The molecule has 0 bridgehead atoms. The van der Waals surface area contributed by atoms with E-state index in [9.17, 15) is 4.79 Å². The Morgan fingerprint density at radius 3 is 2.65 bits per heavy atom. The van der Waals surface area contributed by atoms with Crippen LogP contribution in [0.2, 0.25) is 0 Å². The lowest BCUT2D eigenvalue weighted by Gasteiger charge is -2.19. The highest BCUT2D eigenvalue weighted by molar-refractivity contribution is 5.86. The average Bonchev–Trinajstić information content (AvgIpc) is 3.01. The molecule has 3 aromatic rings. The zero-order valence-corrected chi connectivity index (χ0v) is 15.0. The standard InChI is InChI=1S/C20H20N4O2/c1-20(2,3)26-19(25)24-10-13-4-6-14(7-5-13)15-8-17-16(9-21)12-23-18(17)22-11-15/h4-8,11-12H,10H2,1-3H3,(H,22,23)(H,24,25). The molecule has 6 nitrogen and oxygen atoms in total. The van der Waals surface area contributed by atoms with Crippen LogP contribution >= 0.6 is 0 Å². The molecule has 0 saturated carbocycles. The number of H-pyrrole nitrogens is 1. The van der Waals surface area contributed by atoms with Crippen molar-refractivity contribution in [1.82, 2.24) is 15.3 Å². The third kappa shape index (κ3) is 4.01. The third-order valence-electron chi connectivity index (χ3n) is 3.77. The summed E-state index contributed by atoms with van der Waals surface area (Å²) in [6.07, 6.45) is 2.99. The molecule has 0 radical (unpaired) electrons. The van der Waals surface area contributed by atoms with Gasteiger partial charge in [0, 0.05) is 29.9 Å². The third-order valence-corrected chi connectivity index (χ3v) is 3.77. The van der Waals surface area contributed by atoms with Crippen molar-refractivity contribution in [3.63, 3.8) is 0 Å². The van der Waals surface area contributed by atoms with Crippen LogP contribution in [0, 0.1) is 11.3 Å². The van der Waals surface area contributed by atoms with Crippen molar-refractivity contribution in [3.05, 3.63) is 53.9 Å². The molecular formula is C20H20N4O2. The van der Waals surface area contributed by atoms with E-state index in [-0.39, 0.29) is 0 Å². The first-order chi connectivity index (χ1) is 12.4. The number of benzene rings is 1. The molecular weight excluding hydrogens is 328 g/mol. The minimum Gasteiger partial charge on any atom is -0.444 e. The molecule has 1 aromatic carbocycles. The van der Waals surface area contributed by atoms with Crippen LogP contribution in [-0.2, 0) is 11.3 Å². The highest BCUT2D eigenvalue weighted by Crippen LogP contribution is 2.24. The fourth-order valence-electron chi connectivity index (χ4n) is 2.56. The summed E-state index contributed by atoms with van der Waals surface area (Å²) in [6.45, 7) is 5.88. The Bertz CT molecular complexity index is 976. The highest BCUT2D eigenvalue weighted by atomic mass is 16.6. The van der Waals surface area contributed by atoms with E-state index in [0.717, 1.165) is 22.1 Å². The van der Waals surface area contributed by atoms with Gasteiger partial charge >= 0.3 is 6.09 Å². The van der Waals surface area contributed by atoms with Crippen LogP contribution in [0.3, 0.4) is 0 Å². The number of hydrogen-bond donors (Lipinski definition) is 2. The molecule has 0 unspecified atom stereocenters. The summed E-state index contributed by atoms with van der Waals surface area (Å²) in [5.41, 5.74) is 3.65. The summed E-state index contributed by atoms with van der Waals surface area (Å²) in [5, 5.41) is 12.7. The van der Waals surface area contributed by atoms with Crippen LogP contribution in [0.5, 0.6) is 0 Å². The Morgan fingerprint density at radius 2 is 2.00 bits per heavy atom. The lowest BCUT2D eigenvalue weighted by molar-refractivity contribution is 0.0523. The predicted molar refractivity (Wildman–Crippen MR) is 99.3 cm³/mol. The normalized spacial score (nSPS) is 11.2. The molecule has 1 amide bonds. The number of nitrogens with zero attached hydrogens (tertiary/aromatic N) is 2. The first-order valence-corrected chi connectivity index (χ1v) is 8.29. The summed E-state index contributed by atoms with van der Waals surface area (Å²) >= 11 is 0. The average molecular weight is 348 g/mol. The van der Waals surface area contributed by atoms with E-state index < -0.39 is 11.7 Å². The summed E-state index contributed by atoms with van der Waals surface area (Å²) in [6, 6.07) is 11.9. The monoisotopic (exact) mass is 348 g/mol. The second kappa shape index (κ2) is 6.89. The molecule has 132 valence electrons. The fraction of sp³-hybridized carbons (Fsp3) is 0.250. The van der Waals surface area contributed by atoms with Gasteiger partial charge in [0.05, 0.1) is 5.56 Å². The van der Waals surface area contributed by atoms with Crippen molar-refractivity contribution in [2.24, 2.45) is 0 Å². The van der Waals surface area contributed by atoms with E-state index in [1.165, 1.54) is 0 Å². The number of carbonyl (C=O) groups is 1. The maximum absolute atomic E-state index is 11.7. The van der Waals surface area contributed by atoms with Crippen LogP contribution in [-0.4, -0.2) is 21.7 Å². The quantitative estimate of drug-likeness (QED) is 0.744. The van der Waals surface area contributed by atoms with Crippen molar-refractivity contribution < 1.29 is 9.53 Å². The Kier molecular flexibility index (Phi) is 4.63. The number of nitrogens with one attached hydrogen (secondary N) is 2. The molecule has 26 heavy (non-hydrogen) atoms. The molecule has 0 saturated heterocycles. The number of aromatic amines is 1. The number of ether oxygens (including phenoxy) is 1. The van der Waals surface area contributed by atoms with E-state index in [1.807, 2.05) is 51.1 Å². The van der Waals surface area contributed by atoms with Gasteiger partial charge in [-0.05, 0) is 38.0 Å². The Labute approximate surface area is 151 Å². The lowest BCUT2D eigenvalue weighted by atomic mass is 10.0. The lowest BCUT2D eigenvalue weighted by Crippen LogP contribution is -2.32. The second-order valence-electron chi connectivity index (χ2n) is 6.99. The largest absolute Gasteiger partial charge is 0.444 e. The number of fused-ring (bicyclic) bond motifs is 1. The summed E-state index contributed by atoms with van der Waals surface area (Å²) in [4.78, 5) is 19.1. The molecule has 0 atom stereocenters. The maximum Gasteiger partial charge on any atom is 0.407 e. The number of alkyl carbamates (subject to hydrolysis) is 1. The SMILES string of the molecule is CC(C)(C)OC(=O)NCc1ccc(-c2cnc3[nH]cc(C#N)c3c2)cc1. The predicted octanol–water partition coefficient (Wildman–Crippen LogP) is 4.13. The number of pyridine rings is 1. The van der Waals surface area contributed by atoms with Crippen LogP contribution in [0.15, 0.2) is 42.7 Å². The van der Waals surface area contributed by atoms with Gasteiger partial charge in [0.25, 0.3) is 0 Å². The van der Waals surface area contributed by atoms with Crippen molar-refractivity contribution in [1.29, 1.82) is 5.26 Å². The Balaban J connectivity index is 1.72. The minimum absolute atomic E-state index is 0.392. The maximum atomic E-state index is 11.7. The van der Waals surface area contributed by atoms with Gasteiger partial charge in [-0.1, -0.05) is 24.3 Å². The summed E-state index contributed by atoms with van der Waals surface area (Å²) < 4.78 is 5.22. The van der Waals surface area contributed by atoms with Gasteiger partial charge < -0.3 is 15.0 Å². The molecule has 6 heteroatoms. The molecule has 0 aliphatic carbocycles. The van der Waals surface area contributed by atoms with Crippen LogP contribution in [0.4, 0.5) is 4.79 Å². The van der Waals surface area contributed by atoms with Crippen molar-refractivity contribution in [2.75, 3.05) is 0 Å². The minimum atomic E-state index is -0.514. The number of carbonyl (C=O) groups excluding carboxylic acids is 1. The van der Waals surface area contributed by atoms with Crippen molar-refractivity contribution >= 4 is 17.1 Å². The molecule has 2 N–H and O–H groups in total. The van der Waals surface area contributed by atoms with Gasteiger partial charge in [-0.25, -0.2) is 9.78 Å². The van der Waals surface area contributed by atoms with Crippen LogP contribution in [0.25, 0.3) is 22.2 Å². The second-order valence-corrected chi connectivity index (χ2v) is 6.99. The van der Waals surface area contributed by atoms with Gasteiger partial charge in [0.2, 0.25) is 0 Å². The van der Waals surface area contributed by atoms with Gasteiger partial charge in [-0.3, -0.25) is 0 Å². The first-order valence-electron chi connectivity index (χ1n) is 8.29. The number of rotatable bonds is 3. The fourth-order valence-corrected chi connectivity index (χ4v) is 2.56. The van der Waals surface area contributed by atoms with E-state index in [2.05, 4.69) is 21.4 Å². The first kappa shape index (κ1) is 17.5. The number of aromatic nitrogens is 2. The number of amides is 1. The van der Waals surface area contributed by atoms with Gasteiger partial charge in [0.1, 0.15) is 17.3 Å². The molecule has 3 rings (SSSR count).